The van der Waals surface area contributed by atoms with Gasteiger partial charge in [-0.15, -0.1) is 0 Å². The van der Waals surface area contributed by atoms with Crippen molar-refractivity contribution in [2.24, 2.45) is 0 Å². The van der Waals surface area contributed by atoms with Crippen LogP contribution in [-0.2, 0) is 4.79 Å². The van der Waals surface area contributed by atoms with Crippen molar-refractivity contribution in [3.05, 3.63) is 29.8 Å². The van der Waals surface area contributed by atoms with Gasteiger partial charge in [-0.1, -0.05) is 19.1 Å². The number of nitrogens with one attached hydrogen (secondary N) is 1. The zero-order valence-corrected chi connectivity index (χ0v) is 11.8. The molecule has 1 saturated heterocycles. The molecule has 0 aliphatic carbocycles. The highest BCUT2D eigenvalue weighted by Gasteiger charge is 2.34. The number of carbonyl (C=O) groups is 1. The molecule has 2 unspecified atom stereocenters. The number of carbonyl (C=O) groups excluding carboxylic acids is 1. The highest BCUT2D eigenvalue weighted by Crippen LogP contribution is 2.27. The Morgan fingerprint density at radius 1 is 1.37 bits per heavy atom. The molecule has 1 aromatic rings. The predicted molar refractivity (Wildman–Crippen MR) is 75.0 cm³/mol. The minimum atomic E-state index is -0.0156. The molecule has 19 heavy (non-hydrogen) atoms. The topological polar surface area (TPSA) is 41.6 Å². The lowest BCUT2D eigenvalue weighted by Gasteiger charge is -2.30. The third-order valence-electron chi connectivity index (χ3n) is 3.59. The van der Waals surface area contributed by atoms with Crippen molar-refractivity contribution in [3.8, 4) is 5.75 Å². The molecule has 1 aromatic carbocycles. The van der Waals surface area contributed by atoms with E-state index in [0.717, 1.165) is 17.7 Å². The molecule has 0 bridgehead atoms. The number of hydrogen-bond acceptors (Lipinski definition) is 3. The molecule has 4 nitrogen and oxygen atoms in total. The summed E-state index contributed by atoms with van der Waals surface area (Å²) in [6.45, 7) is 7.24. The van der Waals surface area contributed by atoms with E-state index in [2.05, 4.69) is 19.2 Å². The summed E-state index contributed by atoms with van der Waals surface area (Å²) in [6, 6.07) is 8.21. The van der Waals surface area contributed by atoms with Gasteiger partial charge in [-0.25, -0.2) is 0 Å². The van der Waals surface area contributed by atoms with E-state index in [1.807, 2.05) is 36.1 Å². The Bertz CT molecular complexity index is 430. The van der Waals surface area contributed by atoms with E-state index in [9.17, 15) is 4.79 Å². The molecule has 2 rings (SSSR count). The molecular formula is C15H22N2O2. The van der Waals surface area contributed by atoms with Crippen LogP contribution in [0, 0.1) is 0 Å². The van der Waals surface area contributed by atoms with Gasteiger partial charge in [0.1, 0.15) is 11.9 Å². The lowest BCUT2D eigenvalue weighted by atomic mass is 10.1. The van der Waals surface area contributed by atoms with Crippen LogP contribution in [0.3, 0.4) is 0 Å². The number of benzene rings is 1. The summed E-state index contributed by atoms with van der Waals surface area (Å²) in [6.07, 6.45) is 0.944. The Morgan fingerprint density at radius 2 is 2.05 bits per heavy atom. The summed E-state index contributed by atoms with van der Waals surface area (Å²) in [5.74, 6) is 1.04. The van der Waals surface area contributed by atoms with Gasteiger partial charge in [-0.3, -0.25) is 10.1 Å². The van der Waals surface area contributed by atoms with Crippen molar-refractivity contribution in [1.82, 2.24) is 10.2 Å². The first-order valence-electron chi connectivity index (χ1n) is 6.94. The second-order valence-electron chi connectivity index (χ2n) is 4.84. The predicted octanol–water partition coefficient (Wildman–Crippen LogP) is 2.31. The third-order valence-corrected chi connectivity index (χ3v) is 3.59. The van der Waals surface area contributed by atoms with E-state index in [1.54, 1.807) is 0 Å². The normalized spacial score (nSPS) is 20.7. The fraction of sp³-hybridized carbons (Fsp3) is 0.533. The molecule has 1 N–H and O–H groups in total. The van der Waals surface area contributed by atoms with Gasteiger partial charge in [0.15, 0.2) is 0 Å². The number of nitrogens with zero attached hydrogens (tertiary/aromatic N) is 1. The van der Waals surface area contributed by atoms with Crippen molar-refractivity contribution in [2.45, 2.75) is 39.4 Å². The van der Waals surface area contributed by atoms with Gasteiger partial charge < -0.3 is 9.64 Å². The van der Waals surface area contributed by atoms with Gasteiger partial charge >= 0.3 is 0 Å². The maximum Gasteiger partial charge on any atom is 0.238 e. The van der Waals surface area contributed by atoms with Crippen LogP contribution < -0.4 is 10.1 Å². The SMILES string of the molecule is CCOc1ccc(C2NCC(=O)N2C(C)CC)cc1. The van der Waals surface area contributed by atoms with Crippen molar-refractivity contribution in [3.63, 3.8) is 0 Å². The van der Waals surface area contributed by atoms with Crippen LogP contribution in [0.5, 0.6) is 5.75 Å². The quantitative estimate of drug-likeness (QED) is 0.885. The molecular weight excluding hydrogens is 240 g/mol. The first kappa shape index (κ1) is 13.9. The Kier molecular flexibility index (Phi) is 4.43. The molecule has 0 radical (unpaired) electrons. The van der Waals surface area contributed by atoms with Crippen LogP contribution in [0.1, 0.15) is 38.9 Å². The molecule has 104 valence electrons. The van der Waals surface area contributed by atoms with E-state index in [0.29, 0.717) is 13.2 Å². The van der Waals surface area contributed by atoms with Gasteiger partial charge in [0.25, 0.3) is 0 Å². The number of amides is 1. The summed E-state index contributed by atoms with van der Waals surface area (Å²) in [5, 5.41) is 3.28. The van der Waals surface area contributed by atoms with E-state index >= 15 is 0 Å². The second kappa shape index (κ2) is 6.06. The highest BCUT2D eigenvalue weighted by molar-refractivity contribution is 5.81. The molecule has 0 aromatic heterocycles. The first-order valence-corrected chi connectivity index (χ1v) is 6.94. The van der Waals surface area contributed by atoms with Gasteiger partial charge in [-0.2, -0.15) is 0 Å². The Hall–Kier alpha value is -1.55. The van der Waals surface area contributed by atoms with Crippen molar-refractivity contribution in [1.29, 1.82) is 0 Å². The summed E-state index contributed by atoms with van der Waals surface area (Å²) in [7, 11) is 0. The largest absolute Gasteiger partial charge is 0.494 e. The smallest absolute Gasteiger partial charge is 0.238 e. The van der Waals surface area contributed by atoms with E-state index in [4.69, 9.17) is 4.74 Å². The van der Waals surface area contributed by atoms with Crippen LogP contribution in [-0.4, -0.2) is 30.0 Å². The molecule has 2 atom stereocenters. The zero-order valence-electron chi connectivity index (χ0n) is 11.8. The van der Waals surface area contributed by atoms with Crippen LogP contribution >= 0.6 is 0 Å². The molecule has 1 fully saturated rings. The molecule has 1 aliphatic rings. The van der Waals surface area contributed by atoms with Gasteiger partial charge in [0.2, 0.25) is 5.91 Å². The second-order valence-corrected chi connectivity index (χ2v) is 4.84. The Labute approximate surface area is 114 Å². The Balaban J connectivity index is 2.17. The van der Waals surface area contributed by atoms with Gasteiger partial charge in [-0.05, 0) is 38.0 Å². The van der Waals surface area contributed by atoms with E-state index in [-0.39, 0.29) is 18.1 Å². The van der Waals surface area contributed by atoms with E-state index < -0.39 is 0 Å². The van der Waals surface area contributed by atoms with Crippen molar-refractivity contribution in [2.75, 3.05) is 13.2 Å². The lowest BCUT2D eigenvalue weighted by Crippen LogP contribution is -2.37. The van der Waals surface area contributed by atoms with Gasteiger partial charge in [0, 0.05) is 6.04 Å². The van der Waals surface area contributed by atoms with Crippen molar-refractivity contribution >= 4 is 5.91 Å². The monoisotopic (exact) mass is 262 g/mol. The maximum atomic E-state index is 12.0. The van der Waals surface area contributed by atoms with Crippen LogP contribution in [0.2, 0.25) is 0 Å². The summed E-state index contributed by atoms with van der Waals surface area (Å²) >= 11 is 0. The molecule has 1 aliphatic heterocycles. The summed E-state index contributed by atoms with van der Waals surface area (Å²) in [5.41, 5.74) is 1.11. The zero-order chi connectivity index (χ0) is 13.8. The van der Waals surface area contributed by atoms with Crippen molar-refractivity contribution < 1.29 is 9.53 Å². The number of hydrogen-bond donors (Lipinski definition) is 1. The lowest BCUT2D eigenvalue weighted by molar-refractivity contribution is -0.130. The fourth-order valence-corrected chi connectivity index (χ4v) is 2.41. The molecule has 4 heteroatoms. The minimum absolute atomic E-state index is 0.0156. The fourth-order valence-electron chi connectivity index (χ4n) is 2.41. The maximum absolute atomic E-state index is 12.0. The number of ether oxygens (including phenoxy) is 1. The number of rotatable bonds is 5. The summed E-state index contributed by atoms with van der Waals surface area (Å²) < 4.78 is 5.44. The molecule has 1 amide bonds. The Morgan fingerprint density at radius 3 is 2.63 bits per heavy atom. The molecule has 0 spiro atoms. The van der Waals surface area contributed by atoms with Crippen LogP contribution in [0.25, 0.3) is 0 Å². The molecule has 1 heterocycles. The minimum Gasteiger partial charge on any atom is -0.494 e. The van der Waals surface area contributed by atoms with Gasteiger partial charge in [0.05, 0.1) is 13.2 Å². The standard InChI is InChI=1S/C15H22N2O2/c1-4-11(3)17-14(18)10-16-15(17)12-6-8-13(9-7-12)19-5-2/h6-9,11,15-16H,4-5,10H2,1-3H3. The van der Waals surface area contributed by atoms with Crippen LogP contribution in [0.4, 0.5) is 0 Å². The summed E-state index contributed by atoms with van der Waals surface area (Å²) in [4.78, 5) is 13.9. The first-order chi connectivity index (χ1) is 9.17. The average Bonchev–Trinajstić information content (AvgIpc) is 2.81. The molecule has 0 saturated carbocycles. The average molecular weight is 262 g/mol. The van der Waals surface area contributed by atoms with E-state index in [1.165, 1.54) is 0 Å². The van der Waals surface area contributed by atoms with Crippen LogP contribution in [0.15, 0.2) is 24.3 Å². The highest BCUT2D eigenvalue weighted by atomic mass is 16.5. The third kappa shape index (κ3) is 2.89.